The second kappa shape index (κ2) is 4.69. The van der Waals surface area contributed by atoms with Gasteiger partial charge in [-0.3, -0.25) is 4.79 Å². The summed E-state index contributed by atoms with van der Waals surface area (Å²) in [6, 6.07) is 2.17. The number of nitrogens with one attached hydrogen (secondary N) is 1. The zero-order valence-electron chi connectivity index (χ0n) is 9.30. The van der Waals surface area contributed by atoms with Gasteiger partial charge in [0.25, 0.3) is 0 Å². The minimum absolute atomic E-state index is 0.0332. The van der Waals surface area contributed by atoms with Crippen LogP contribution in [0.5, 0.6) is 0 Å². The molecule has 0 spiro atoms. The monoisotopic (exact) mass is 240 g/mol. The Kier molecular flexibility index (Phi) is 3.26. The van der Waals surface area contributed by atoms with Gasteiger partial charge in [-0.05, 0) is 30.9 Å². The normalized spacial score (nSPS) is 15.4. The molecule has 1 amide bonds. The van der Waals surface area contributed by atoms with E-state index in [1.165, 1.54) is 6.07 Å². The predicted octanol–water partition coefficient (Wildman–Crippen LogP) is 2.68. The van der Waals surface area contributed by atoms with Crippen molar-refractivity contribution in [3.63, 3.8) is 0 Å². The highest BCUT2D eigenvalue weighted by atomic mass is 19.2. The fourth-order valence-corrected chi connectivity index (χ4v) is 1.84. The molecule has 3 N–H and O–H groups in total. The summed E-state index contributed by atoms with van der Waals surface area (Å²) < 4.78 is 26.4. The fraction of sp³-hybridized carbons (Fsp3) is 0.417. The lowest BCUT2D eigenvalue weighted by Gasteiger charge is -2.24. The van der Waals surface area contributed by atoms with Gasteiger partial charge >= 0.3 is 0 Å². The van der Waals surface area contributed by atoms with Crippen LogP contribution in [0.4, 0.5) is 20.2 Å². The van der Waals surface area contributed by atoms with Crippen molar-refractivity contribution in [3.8, 4) is 0 Å². The van der Waals surface area contributed by atoms with E-state index in [0.717, 1.165) is 25.3 Å². The second-order valence-electron chi connectivity index (χ2n) is 4.37. The lowest BCUT2D eigenvalue weighted by Crippen LogP contribution is -2.22. The quantitative estimate of drug-likeness (QED) is 0.798. The van der Waals surface area contributed by atoms with Crippen molar-refractivity contribution in [1.29, 1.82) is 0 Å². The third kappa shape index (κ3) is 2.54. The first-order chi connectivity index (χ1) is 8.08. The molecule has 0 saturated heterocycles. The maximum atomic E-state index is 13.4. The molecule has 3 nitrogen and oxygen atoms in total. The summed E-state index contributed by atoms with van der Waals surface area (Å²) in [6.07, 6.45) is 3.52. The van der Waals surface area contributed by atoms with Crippen LogP contribution in [0.2, 0.25) is 0 Å². The van der Waals surface area contributed by atoms with E-state index in [2.05, 4.69) is 5.32 Å². The Morgan fingerprint density at radius 3 is 2.71 bits per heavy atom. The number of amides is 1. The molecule has 0 atom stereocenters. The number of nitrogens with two attached hydrogens (primary N) is 1. The van der Waals surface area contributed by atoms with Crippen LogP contribution in [0.3, 0.4) is 0 Å². The van der Waals surface area contributed by atoms with Gasteiger partial charge in [-0.25, -0.2) is 8.78 Å². The molecule has 1 aliphatic rings. The summed E-state index contributed by atoms with van der Waals surface area (Å²) in [4.78, 5) is 11.6. The van der Waals surface area contributed by atoms with E-state index in [-0.39, 0.29) is 17.3 Å². The number of halogens is 2. The minimum atomic E-state index is -1.10. The van der Waals surface area contributed by atoms with Gasteiger partial charge < -0.3 is 11.1 Å². The topological polar surface area (TPSA) is 55.1 Å². The molecule has 2 rings (SSSR count). The van der Waals surface area contributed by atoms with Crippen molar-refractivity contribution in [2.24, 2.45) is 5.92 Å². The van der Waals surface area contributed by atoms with Crippen LogP contribution < -0.4 is 11.1 Å². The molecule has 0 unspecified atom stereocenters. The Bertz CT molecular complexity index is 444. The van der Waals surface area contributed by atoms with Gasteiger partial charge in [0.1, 0.15) is 5.69 Å². The molecule has 17 heavy (non-hydrogen) atoms. The Morgan fingerprint density at radius 1 is 1.41 bits per heavy atom. The average Bonchev–Trinajstić information content (AvgIpc) is 2.24. The number of anilines is 2. The van der Waals surface area contributed by atoms with Gasteiger partial charge in [-0.15, -0.1) is 0 Å². The van der Waals surface area contributed by atoms with Crippen molar-refractivity contribution >= 4 is 17.3 Å². The van der Waals surface area contributed by atoms with Crippen molar-refractivity contribution < 1.29 is 13.6 Å². The molecule has 92 valence electrons. The lowest BCUT2D eigenvalue weighted by molar-refractivity contribution is -0.117. The van der Waals surface area contributed by atoms with Crippen LogP contribution in [-0.4, -0.2) is 5.91 Å². The highest BCUT2D eigenvalue weighted by Crippen LogP contribution is 2.30. The van der Waals surface area contributed by atoms with Crippen molar-refractivity contribution in [2.75, 3.05) is 11.1 Å². The van der Waals surface area contributed by atoms with Gasteiger partial charge in [0, 0.05) is 6.42 Å². The molecule has 0 aromatic heterocycles. The van der Waals surface area contributed by atoms with Crippen molar-refractivity contribution in [1.82, 2.24) is 0 Å². The summed E-state index contributed by atoms with van der Waals surface area (Å²) in [7, 11) is 0. The Hall–Kier alpha value is -1.65. The predicted molar refractivity (Wildman–Crippen MR) is 61.4 cm³/mol. The summed E-state index contributed by atoms with van der Waals surface area (Å²) >= 11 is 0. The first kappa shape index (κ1) is 11.8. The first-order valence-electron chi connectivity index (χ1n) is 5.61. The largest absolute Gasteiger partial charge is 0.397 e. The molecule has 1 fully saturated rings. The molecule has 1 aliphatic carbocycles. The zero-order chi connectivity index (χ0) is 12.4. The Balaban J connectivity index is 2.06. The summed E-state index contributed by atoms with van der Waals surface area (Å²) in [6.45, 7) is 0. The summed E-state index contributed by atoms with van der Waals surface area (Å²) in [5, 5.41) is 2.34. The summed E-state index contributed by atoms with van der Waals surface area (Å²) in [5.41, 5.74) is 5.27. The fourth-order valence-electron chi connectivity index (χ4n) is 1.84. The molecule has 0 radical (unpaired) electrons. The molecular weight excluding hydrogens is 226 g/mol. The number of carbonyl (C=O) groups excluding carboxylic acids is 1. The number of nitrogen functional groups attached to an aromatic ring is 1. The smallest absolute Gasteiger partial charge is 0.224 e. The highest BCUT2D eigenvalue weighted by Gasteiger charge is 2.22. The van der Waals surface area contributed by atoms with Crippen molar-refractivity contribution in [3.05, 3.63) is 23.8 Å². The lowest BCUT2D eigenvalue weighted by atomic mass is 9.83. The third-order valence-corrected chi connectivity index (χ3v) is 3.09. The van der Waals surface area contributed by atoms with Crippen LogP contribution in [0, 0.1) is 17.6 Å². The number of rotatable bonds is 3. The van der Waals surface area contributed by atoms with Gasteiger partial charge in [-0.1, -0.05) is 6.42 Å². The van der Waals surface area contributed by atoms with Crippen molar-refractivity contribution in [2.45, 2.75) is 25.7 Å². The molecule has 0 heterocycles. The average molecular weight is 240 g/mol. The minimum Gasteiger partial charge on any atom is -0.397 e. The zero-order valence-corrected chi connectivity index (χ0v) is 9.30. The summed E-state index contributed by atoms with van der Waals surface area (Å²) in [5.74, 6) is -2.07. The van der Waals surface area contributed by atoms with Gasteiger partial charge in [0.05, 0.1) is 5.69 Å². The maximum Gasteiger partial charge on any atom is 0.224 e. The van der Waals surface area contributed by atoms with Crippen LogP contribution in [0.1, 0.15) is 25.7 Å². The van der Waals surface area contributed by atoms with Gasteiger partial charge in [-0.2, -0.15) is 0 Å². The van der Waals surface area contributed by atoms with Crippen LogP contribution in [-0.2, 0) is 4.79 Å². The van der Waals surface area contributed by atoms with E-state index in [0.29, 0.717) is 12.3 Å². The molecule has 0 bridgehead atoms. The van der Waals surface area contributed by atoms with Gasteiger partial charge in [0.15, 0.2) is 11.6 Å². The molecular formula is C12H14F2N2O. The van der Waals surface area contributed by atoms with E-state index in [4.69, 9.17) is 5.73 Å². The Morgan fingerprint density at radius 2 is 2.12 bits per heavy atom. The number of hydrogen-bond donors (Lipinski definition) is 2. The number of carbonyl (C=O) groups is 1. The second-order valence-corrected chi connectivity index (χ2v) is 4.37. The molecule has 0 aliphatic heterocycles. The highest BCUT2D eigenvalue weighted by molar-refractivity contribution is 5.94. The van der Waals surface area contributed by atoms with E-state index in [9.17, 15) is 13.6 Å². The van der Waals surface area contributed by atoms with E-state index in [1.54, 1.807) is 0 Å². The maximum absolute atomic E-state index is 13.4. The standard InChI is InChI=1S/C12H14F2N2O/c13-8-4-5-9(15)12(11(8)14)16-10(17)6-7-2-1-3-7/h4-5,7H,1-3,6,15H2,(H,16,17). The van der Waals surface area contributed by atoms with Gasteiger partial charge in [0.2, 0.25) is 5.91 Å². The van der Waals surface area contributed by atoms with E-state index < -0.39 is 11.6 Å². The third-order valence-electron chi connectivity index (χ3n) is 3.09. The number of benzene rings is 1. The van der Waals surface area contributed by atoms with Crippen LogP contribution >= 0.6 is 0 Å². The first-order valence-corrected chi connectivity index (χ1v) is 5.61. The van der Waals surface area contributed by atoms with E-state index >= 15 is 0 Å². The SMILES string of the molecule is Nc1ccc(F)c(F)c1NC(=O)CC1CCC1. The Labute approximate surface area is 98.0 Å². The van der Waals surface area contributed by atoms with E-state index in [1.807, 2.05) is 0 Å². The molecule has 1 aromatic rings. The molecule has 5 heteroatoms. The molecule has 1 saturated carbocycles. The molecule has 1 aromatic carbocycles. The number of hydrogen-bond acceptors (Lipinski definition) is 2. The van der Waals surface area contributed by atoms with Crippen LogP contribution in [0.25, 0.3) is 0 Å². The van der Waals surface area contributed by atoms with Crippen LogP contribution in [0.15, 0.2) is 12.1 Å².